The minimum Gasteiger partial charge on any atom is -0.329 e. The van der Waals surface area contributed by atoms with E-state index in [-0.39, 0.29) is 6.54 Å². The molecule has 0 bridgehead atoms. The third kappa shape index (κ3) is 5.63. The van der Waals surface area contributed by atoms with Crippen molar-refractivity contribution in [1.82, 2.24) is 5.32 Å². The lowest BCUT2D eigenvalue weighted by atomic mass is 10.1. The van der Waals surface area contributed by atoms with Crippen molar-refractivity contribution in [2.45, 2.75) is 13.1 Å². The van der Waals surface area contributed by atoms with Gasteiger partial charge in [-0.25, -0.2) is 4.79 Å². The highest BCUT2D eigenvalue weighted by molar-refractivity contribution is 5.90. The van der Waals surface area contributed by atoms with Crippen molar-refractivity contribution in [3.8, 4) is 11.8 Å². The second-order valence-electron chi connectivity index (χ2n) is 3.96. The summed E-state index contributed by atoms with van der Waals surface area (Å²) in [6.07, 6.45) is -4.44. The number of carbonyl (C=O) groups is 1. The molecule has 0 fully saturated rings. The average molecular weight is 285 g/mol. The summed E-state index contributed by atoms with van der Waals surface area (Å²) in [5, 5.41) is 4.07. The fraction of sp³-hybridized carbons (Fsp3) is 0.308. The fourth-order valence-electron chi connectivity index (χ4n) is 1.38. The SMILES string of the molecule is Cc1cc(C#CCN)ccc1NC(=O)NCC(F)(F)F. The van der Waals surface area contributed by atoms with Gasteiger partial charge in [-0.2, -0.15) is 13.2 Å². The molecule has 1 aromatic rings. The molecule has 1 aromatic carbocycles. The Kier molecular flexibility index (Phi) is 5.41. The summed E-state index contributed by atoms with van der Waals surface area (Å²) in [6.45, 7) is 0.573. The molecule has 1 rings (SSSR count). The predicted octanol–water partition coefficient (Wildman–Crippen LogP) is 1.99. The Morgan fingerprint density at radius 3 is 2.65 bits per heavy atom. The summed E-state index contributed by atoms with van der Waals surface area (Å²) in [5.74, 6) is 5.50. The largest absolute Gasteiger partial charge is 0.405 e. The lowest BCUT2D eigenvalue weighted by molar-refractivity contribution is -0.122. The Morgan fingerprint density at radius 2 is 2.10 bits per heavy atom. The van der Waals surface area contributed by atoms with Gasteiger partial charge in [0.15, 0.2) is 0 Å². The molecule has 0 aromatic heterocycles. The number of aryl methyl sites for hydroxylation is 1. The standard InChI is InChI=1S/C13H14F3N3O/c1-9-7-10(3-2-6-17)4-5-11(9)19-12(20)18-8-13(14,15)16/h4-5,7H,6,8,17H2,1H3,(H2,18,19,20). The molecule has 4 N–H and O–H groups in total. The molecule has 4 nitrogen and oxygen atoms in total. The van der Waals surface area contributed by atoms with E-state index in [1.165, 1.54) is 0 Å². The first-order chi connectivity index (χ1) is 9.31. The first-order valence-electron chi connectivity index (χ1n) is 5.73. The van der Waals surface area contributed by atoms with Gasteiger partial charge in [0, 0.05) is 11.3 Å². The van der Waals surface area contributed by atoms with Gasteiger partial charge in [0.1, 0.15) is 6.54 Å². The van der Waals surface area contributed by atoms with Crippen molar-refractivity contribution >= 4 is 11.7 Å². The zero-order valence-corrected chi connectivity index (χ0v) is 10.8. The third-order valence-electron chi connectivity index (χ3n) is 2.26. The van der Waals surface area contributed by atoms with Gasteiger partial charge in [-0.3, -0.25) is 0 Å². The quantitative estimate of drug-likeness (QED) is 0.727. The molecule has 0 spiro atoms. The highest BCUT2D eigenvalue weighted by atomic mass is 19.4. The molecule has 0 heterocycles. The number of alkyl halides is 3. The van der Waals surface area contributed by atoms with Gasteiger partial charge in [0.2, 0.25) is 0 Å². The molecular weight excluding hydrogens is 271 g/mol. The maximum atomic E-state index is 11.9. The van der Waals surface area contributed by atoms with Crippen LogP contribution in [0, 0.1) is 18.8 Å². The Hall–Kier alpha value is -2.20. The number of nitrogens with one attached hydrogen (secondary N) is 2. The highest BCUT2D eigenvalue weighted by Gasteiger charge is 2.27. The van der Waals surface area contributed by atoms with E-state index in [1.54, 1.807) is 30.4 Å². The van der Waals surface area contributed by atoms with Gasteiger partial charge in [0.25, 0.3) is 0 Å². The first kappa shape index (κ1) is 15.9. The number of hydrogen-bond acceptors (Lipinski definition) is 2. The first-order valence-corrected chi connectivity index (χ1v) is 5.73. The average Bonchev–Trinajstić information content (AvgIpc) is 2.36. The zero-order valence-electron chi connectivity index (χ0n) is 10.8. The number of amides is 2. The van der Waals surface area contributed by atoms with Crippen LogP contribution < -0.4 is 16.4 Å². The van der Waals surface area contributed by atoms with Crippen molar-refractivity contribution < 1.29 is 18.0 Å². The molecule has 0 saturated carbocycles. The van der Waals surface area contributed by atoms with E-state index >= 15 is 0 Å². The lowest BCUT2D eigenvalue weighted by Gasteiger charge is -2.11. The van der Waals surface area contributed by atoms with Crippen LogP contribution >= 0.6 is 0 Å². The Balaban J connectivity index is 2.67. The highest BCUT2D eigenvalue weighted by Crippen LogP contribution is 2.16. The molecule has 0 aliphatic heterocycles. The predicted molar refractivity (Wildman–Crippen MR) is 70.2 cm³/mol. The Labute approximate surface area is 114 Å². The molecule has 0 atom stereocenters. The topological polar surface area (TPSA) is 67.1 Å². The van der Waals surface area contributed by atoms with E-state index in [0.29, 0.717) is 16.8 Å². The van der Waals surface area contributed by atoms with E-state index in [0.717, 1.165) is 0 Å². The minimum atomic E-state index is -4.44. The molecule has 7 heteroatoms. The van der Waals surface area contributed by atoms with Gasteiger partial charge < -0.3 is 16.4 Å². The van der Waals surface area contributed by atoms with Crippen LogP contribution in [0.1, 0.15) is 11.1 Å². The van der Waals surface area contributed by atoms with Gasteiger partial charge in [0.05, 0.1) is 6.54 Å². The summed E-state index contributed by atoms with van der Waals surface area (Å²) in [5.41, 5.74) is 7.07. The van der Waals surface area contributed by atoms with Crippen molar-refractivity contribution in [2.75, 3.05) is 18.4 Å². The van der Waals surface area contributed by atoms with Crippen LogP contribution in [0.2, 0.25) is 0 Å². The van der Waals surface area contributed by atoms with E-state index in [9.17, 15) is 18.0 Å². The van der Waals surface area contributed by atoms with Crippen LogP contribution in [-0.2, 0) is 0 Å². The monoisotopic (exact) mass is 285 g/mol. The molecule has 0 aliphatic carbocycles. The summed E-state index contributed by atoms with van der Waals surface area (Å²) >= 11 is 0. The number of urea groups is 1. The molecule has 2 amide bonds. The van der Waals surface area contributed by atoms with Gasteiger partial charge in [-0.15, -0.1) is 0 Å². The molecule has 0 aliphatic rings. The van der Waals surface area contributed by atoms with Crippen LogP contribution in [0.25, 0.3) is 0 Å². The Morgan fingerprint density at radius 1 is 1.40 bits per heavy atom. The van der Waals surface area contributed by atoms with Crippen molar-refractivity contribution in [2.24, 2.45) is 5.73 Å². The van der Waals surface area contributed by atoms with E-state index in [4.69, 9.17) is 5.73 Å². The number of hydrogen-bond donors (Lipinski definition) is 3. The van der Waals surface area contributed by atoms with Crippen molar-refractivity contribution in [3.63, 3.8) is 0 Å². The smallest absolute Gasteiger partial charge is 0.329 e. The van der Waals surface area contributed by atoms with Gasteiger partial charge >= 0.3 is 12.2 Å². The normalized spacial score (nSPS) is 10.4. The van der Waals surface area contributed by atoms with E-state index in [2.05, 4.69) is 17.2 Å². The van der Waals surface area contributed by atoms with E-state index < -0.39 is 18.8 Å². The van der Waals surface area contributed by atoms with Crippen LogP contribution in [0.15, 0.2) is 18.2 Å². The number of anilines is 1. The molecule has 108 valence electrons. The molecule has 20 heavy (non-hydrogen) atoms. The van der Waals surface area contributed by atoms with Crippen LogP contribution in [0.3, 0.4) is 0 Å². The third-order valence-corrected chi connectivity index (χ3v) is 2.26. The summed E-state index contributed by atoms with van der Waals surface area (Å²) in [7, 11) is 0. The maximum Gasteiger partial charge on any atom is 0.405 e. The van der Waals surface area contributed by atoms with Gasteiger partial charge in [-0.1, -0.05) is 11.8 Å². The molecule has 0 unspecified atom stereocenters. The number of rotatable bonds is 2. The van der Waals surface area contributed by atoms with Crippen molar-refractivity contribution in [3.05, 3.63) is 29.3 Å². The van der Waals surface area contributed by atoms with E-state index in [1.807, 2.05) is 0 Å². The Bertz CT molecular complexity index is 544. The zero-order chi connectivity index (χ0) is 15.2. The van der Waals surface area contributed by atoms with Crippen LogP contribution in [-0.4, -0.2) is 25.3 Å². The van der Waals surface area contributed by atoms with Crippen LogP contribution in [0.5, 0.6) is 0 Å². The number of benzene rings is 1. The van der Waals surface area contributed by atoms with Crippen molar-refractivity contribution in [1.29, 1.82) is 0 Å². The fourth-order valence-corrected chi connectivity index (χ4v) is 1.38. The number of halogens is 3. The summed E-state index contributed by atoms with van der Waals surface area (Å²) in [4.78, 5) is 11.3. The summed E-state index contributed by atoms with van der Waals surface area (Å²) < 4.78 is 35.8. The summed E-state index contributed by atoms with van der Waals surface area (Å²) in [6, 6.07) is 4.02. The minimum absolute atomic E-state index is 0.235. The van der Waals surface area contributed by atoms with Gasteiger partial charge in [-0.05, 0) is 30.7 Å². The second kappa shape index (κ2) is 6.82. The number of nitrogens with two attached hydrogens (primary N) is 1. The number of carbonyl (C=O) groups excluding carboxylic acids is 1. The maximum absolute atomic E-state index is 11.9. The molecule has 0 saturated heterocycles. The molecular formula is C13H14F3N3O. The molecule has 0 radical (unpaired) electrons. The second-order valence-corrected chi connectivity index (χ2v) is 3.96. The lowest BCUT2D eigenvalue weighted by Crippen LogP contribution is -2.36. The van der Waals surface area contributed by atoms with Crippen LogP contribution in [0.4, 0.5) is 23.7 Å².